The van der Waals surface area contributed by atoms with Crippen LogP contribution in [0.5, 0.6) is 0 Å². The second-order valence-corrected chi connectivity index (χ2v) is 27.4. The smallest absolute Gasteiger partial charge is 0.100 e. The molecule has 0 spiro atoms. The van der Waals surface area contributed by atoms with Crippen LogP contribution in [0.15, 0.2) is 352 Å². The summed E-state index contributed by atoms with van der Waals surface area (Å²) in [6.07, 6.45) is 0. The summed E-state index contributed by atoms with van der Waals surface area (Å²) in [6.45, 7) is 4.35. The van der Waals surface area contributed by atoms with E-state index in [0.29, 0.717) is 5.56 Å². The number of nitriles is 1. The van der Waals surface area contributed by atoms with Gasteiger partial charge in [0.25, 0.3) is 0 Å². The minimum atomic E-state index is 0.548. The molecule has 20 rings (SSSR count). The summed E-state index contributed by atoms with van der Waals surface area (Å²) in [5, 5.41) is 22.5. The summed E-state index contributed by atoms with van der Waals surface area (Å²) in [6, 6.07) is 130. The molecule has 5 aromatic heterocycles. The van der Waals surface area contributed by atoms with Crippen LogP contribution >= 0.6 is 0 Å². The number of benzene rings is 15. The Morgan fingerprint density at radius 3 is 0.769 bits per heavy atom. The number of nitrogens with zero attached hydrogens (tertiary/aromatic N) is 6. The van der Waals surface area contributed by atoms with Gasteiger partial charge in [-0.05, 0) is 180 Å². The van der Waals surface area contributed by atoms with Crippen LogP contribution in [-0.2, 0) is 0 Å². The van der Waals surface area contributed by atoms with Gasteiger partial charge >= 0.3 is 0 Å². The molecule has 0 bridgehead atoms. The summed E-state index contributed by atoms with van der Waals surface area (Å²) in [5.41, 5.74) is 28.8. The van der Waals surface area contributed by atoms with E-state index in [0.717, 1.165) is 145 Å². The lowest BCUT2D eigenvalue weighted by atomic mass is 9.75. The van der Waals surface area contributed by atoms with Gasteiger partial charge in [0.15, 0.2) is 0 Å². The number of pyridine rings is 1. The molecule has 0 aliphatic rings. The molecule has 0 radical (unpaired) electrons. The standard InChI is InChI=1S/C98H64N6/c1-62-37-55-92-81(57-62)82-58-63(2)38-56-93(82)104(92)74-51-43-68(44-52-74)96-94(66-39-47-71(48-40-66)101-86-31-15-9-25-75(86)76-26-10-16-32-87(76)101)83(61-99)95(67-41-49-72(50-42-67)102-88-33-17-11-27-77(88)78-28-12-18-34-89(78)102)98(70-59-84(64-21-5-3-6-22-64)100-85(60-70)65-23-7-4-8-24-65)97(96)69-45-53-73(54-46-69)103-90-35-19-13-29-79(90)80-30-14-20-36-91(80)103/h3-60H,1-2H3. The molecule has 15 aromatic carbocycles. The quantitative estimate of drug-likeness (QED) is 0.130. The average molecular weight is 1330 g/mol. The van der Waals surface area contributed by atoms with Gasteiger partial charge in [-0.15, -0.1) is 0 Å². The topological polar surface area (TPSA) is 56.4 Å². The summed E-state index contributed by atoms with van der Waals surface area (Å²) in [4.78, 5) is 5.55. The summed E-state index contributed by atoms with van der Waals surface area (Å²) in [5.74, 6) is 0. The van der Waals surface area contributed by atoms with Gasteiger partial charge in [0.1, 0.15) is 6.07 Å². The van der Waals surface area contributed by atoms with E-state index in [-0.39, 0.29) is 0 Å². The van der Waals surface area contributed by atoms with Crippen LogP contribution in [0.2, 0.25) is 0 Å². The number of hydrogen-bond acceptors (Lipinski definition) is 2. The largest absolute Gasteiger partial charge is 0.309 e. The maximum Gasteiger partial charge on any atom is 0.100 e. The number of hydrogen-bond donors (Lipinski definition) is 0. The first-order valence-corrected chi connectivity index (χ1v) is 35.6. The van der Waals surface area contributed by atoms with Crippen LogP contribution in [0.4, 0.5) is 0 Å². The molecule has 0 unspecified atom stereocenters. The highest BCUT2D eigenvalue weighted by atomic mass is 15.0. The van der Waals surface area contributed by atoms with Crippen LogP contribution in [-0.4, -0.2) is 23.3 Å². The summed E-state index contributed by atoms with van der Waals surface area (Å²) in [7, 11) is 0. The number of para-hydroxylation sites is 6. The third-order valence-electron chi connectivity index (χ3n) is 21.3. The normalized spacial score (nSPS) is 11.7. The van der Waals surface area contributed by atoms with E-state index >= 15 is 0 Å². The Kier molecular flexibility index (Phi) is 14.0. The molecule has 486 valence electrons. The summed E-state index contributed by atoms with van der Waals surface area (Å²) >= 11 is 0. The zero-order valence-electron chi connectivity index (χ0n) is 57.2. The molecule has 20 aromatic rings. The molecular formula is C98H64N6. The van der Waals surface area contributed by atoms with Crippen molar-refractivity contribution in [2.45, 2.75) is 13.8 Å². The van der Waals surface area contributed by atoms with Crippen LogP contribution in [0.1, 0.15) is 16.7 Å². The van der Waals surface area contributed by atoms with Gasteiger partial charge < -0.3 is 18.3 Å². The monoisotopic (exact) mass is 1320 g/mol. The third-order valence-corrected chi connectivity index (χ3v) is 21.3. The van der Waals surface area contributed by atoms with Gasteiger partial charge in [-0.2, -0.15) is 5.26 Å². The highest BCUT2D eigenvalue weighted by molar-refractivity contribution is 6.15. The number of aromatic nitrogens is 5. The Hall–Kier alpha value is -13.9. The molecule has 104 heavy (non-hydrogen) atoms. The zero-order valence-corrected chi connectivity index (χ0v) is 57.2. The molecule has 0 atom stereocenters. The van der Waals surface area contributed by atoms with Crippen molar-refractivity contribution in [1.82, 2.24) is 23.3 Å². The molecule has 0 N–H and O–H groups in total. The lowest BCUT2D eigenvalue weighted by Gasteiger charge is -2.27. The van der Waals surface area contributed by atoms with E-state index in [9.17, 15) is 5.26 Å². The van der Waals surface area contributed by atoms with Crippen LogP contribution < -0.4 is 0 Å². The highest BCUT2D eigenvalue weighted by Gasteiger charge is 2.31. The van der Waals surface area contributed by atoms with Gasteiger partial charge in [-0.25, -0.2) is 4.98 Å². The SMILES string of the molecule is Cc1ccc2c(c1)c1cc(C)ccc1n2-c1ccc(-c2c(-c3ccc(-n4c5ccccc5c5ccccc54)cc3)c(C#N)c(-c3ccc(-n4c5ccccc5c5ccccc54)cc3)c(-c3cc(-c4ccccc4)nc(-c4ccccc4)c3)c2-c2ccc(-n3c4ccccc4c4ccccc43)cc2)cc1. The predicted octanol–water partition coefficient (Wildman–Crippen LogP) is 25.6. The van der Waals surface area contributed by atoms with Crippen molar-refractivity contribution >= 4 is 87.2 Å². The van der Waals surface area contributed by atoms with Gasteiger partial charge in [0, 0.05) is 88.1 Å². The van der Waals surface area contributed by atoms with E-state index in [1.807, 2.05) is 0 Å². The first-order valence-electron chi connectivity index (χ1n) is 35.6. The van der Waals surface area contributed by atoms with Gasteiger partial charge in [-0.3, -0.25) is 0 Å². The van der Waals surface area contributed by atoms with Crippen molar-refractivity contribution in [1.29, 1.82) is 5.26 Å². The van der Waals surface area contributed by atoms with E-state index < -0.39 is 0 Å². The zero-order chi connectivity index (χ0) is 69.1. The highest BCUT2D eigenvalue weighted by Crippen LogP contribution is 2.54. The van der Waals surface area contributed by atoms with Crippen molar-refractivity contribution in [2.24, 2.45) is 0 Å². The molecule has 0 saturated carbocycles. The lowest BCUT2D eigenvalue weighted by molar-refractivity contribution is 1.18. The molecule has 0 fully saturated rings. The molecular weight excluding hydrogens is 1260 g/mol. The molecule has 0 aliphatic carbocycles. The third kappa shape index (κ3) is 9.59. The van der Waals surface area contributed by atoms with Crippen molar-refractivity contribution in [3.63, 3.8) is 0 Å². The van der Waals surface area contributed by atoms with Gasteiger partial charge in [0.05, 0.1) is 61.1 Å². The summed E-state index contributed by atoms with van der Waals surface area (Å²) < 4.78 is 9.53. The van der Waals surface area contributed by atoms with E-state index in [4.69, 9.17) is 4.98 Å². The number of rotatable bonds is 11. The second-order valence-electron chi connectivity index (χ2n) is 27.4. The fourth-order valence-corrected chi connectivity index (χ4v) is 16.7. The Balaban J connectivity index is 0.923. The van der Waals surface area contributed by atoms with Crippen molar-refractivity contribution in [2.75, 3.05) is 0 Å². The second kappa shape index (κ2) is 24.2. The number of fused-ring (bicyclic) bond motifs is 12. The minimum Gasteiger partial charge on any atom is -0.309 e. The van der Waals surface area contributed by atoms with Gasteiger partial charge in [-0.1, -0.05) is 242 Å². The Bertz CT molecular complexity index is 6600. The van der Waals surface area contributed by atoms with Gasteiger partial charge in [0.2, 0.25) is 0 Å². The maximum atomic E-state index is 12.9. The molecule has 5 heterocycles. The minimum absolute atomic E-state index is 0.548. The molecule has 0 saturated heterocycles. The van der Waals surface area contributed by atoms with Crippen molar-refractivity contribution in [3.8, 4) is 107 Å². The molecule has 0 amide bonds. The van der Waals surface area contributed by atoms with Crippen molar-refractivity contribution < 1.29 is 0 Å². The van der Waals surface area contributed by atoms with Crippen LogP contribution in [0.25, 0.3) is 188 Å². The van der Waals surface area contributed by atoms with E-state index in [1.54, 1.807) is 0 Å². The van der Waals surface area contributed by atoms with Crippen LogP contribution in [0, 0.1) is 25.2 Å². The van der Waals surface area contributed by atoms with E-state index in [1.165, 1.54) is 54.2 Å². The first kappa shape index (κ1) is 60.1. The maximum absolute atomic E-state index is 12.9. The fraction of sp³-hybridized carbons (Fsp3) is 0.0204. The van der Waals surface area contributed by atoms with Crippen molar-refractivity contribution in [3.05, 3.63) is 369 Å². The lowest BCUT2D eigenvalue weighted by Crippen LogP contribution is -2.04. The first-order chi connectivity index (χ1) is 51.4. The van der Waals surface area contributed by atoms with Crippen LogP contribution in [0.3, 0.4) is 0 Å². The Morgan fingerprint density at radius 1 is 0.221 bits per heavy atom. The Morgan fingerprint density at radius 2 is 0.471 bits per heavy atom. The fourth-order valence-electron chi connectivity index (χ4n) is 16.7. The molecule has 0 aliphatic heterocycles. The van der Waals surface area contributed by atoms with E-state index in [2.05, 4.69) is 390 Å². The molecule has 6 heteroatoms. The predicted molar refractivity (Wildman–Crippen MR) is 434 cm³/mol. The number of aryl methyl sites for hydroxylation is 2. The Labute approximate surface area is 601 Å². The molecule has 6 nitrogen and oxygen atoms in total. The average Bonchev–Trinajstić information content (AvgIpc) is 1.03.